The molecular formula is C18H19N3O3. The van der Waals surface area contributed by atoms with Crippen LogP contribution in [0.15, 0.2) is 28.4 Å². The molecule has 1 aliphatic rings. The second kappa shape index (κ2) is 7.06. The molecule has 0 aromatic heterocycles. The molecular weight excluding hydrogens is 306 g/mol. The van der Waals surface area contributed by atoms with Gasteiger partial charge in [-0.2, -0.15) is 10.5 Å². The van der Waals surface area contributed by atoms with Gasteiger partial charge in [-0.3, -0.25) is 4.99 Å². The molecule has 1 aliphatic heterocycles. The Labute approximate surface area is 141 Å². The summed E-state index contributed by atoms with van der Waals surface area (Å²) in [6.45, 7) is 3.58. The number of methoxy groups -OCH3 is 3. The van der Waals surface area contributed by atoms with Crippen molar-refractivity contribution in [1.82, 2.24) is 0 Å². The van der Waals surface area contributed by atoms with E-state index in [2.05, 4.69) is 17.1 Å². The first-order valence-electron chi connectivity index (χ1n) is 7.37. The molecule has 1 aromatic carbocycles. The van der Waals surface area contributed by atoms with Gasteiger partial charge in [-0.15, -0.1) is 0 Å². The van der Waals surface area contributed by atoms with E-state index >= 15 is 0 Å². The third-order valence-corrected chi connectivity index (χ3v) is 4.13. The minimum absolute atomic E-state index is 0.425. The molecule has 1 aromatic rings. The summed E-state index contributed by atoms with van der Waals surface area (Å²) in [4.78, 5) is 4.35. The number of allylic oxidation sites excluding steroid dienone is 2. The highest BCUT2D eigenvalue weighted by Gasteiger charge is 2.35. The fraction of sp³-hybridized carbons (Fsp3) is 0.389. The van der Waals surface area contributed by atoms with Crippen LogP contribution in [0.4, 0.5) is 0 Å². The lowest BCUT2D eigenvalue weighted by Gasteiger charge is -2.27. The first-order chi connectivity index (χ1) is 11.5. The van der Waals surface area contributed by atoms with Crippen LogP contribution in [-0.2, 0) is 0 Å². The molecule has 6 nitrogen and oxygen atoms in total. The van der Waals surface area contributed by atoms with Gasteiger partial charge in [-0.25, -0.2) is 0 Å². The number of hydrogen-bond donors (Lipinski definition) is 0. The van der Waals surface area contributed by atoms with Crippen molar-refractivity contribution in [2.24, 2.45) is 10.9 Å². The van der Waals surface area contributed by atoms with Gasteiger partial charge in [0.15, 0.2) is 11.5 Å². The molecule has 0 aliphatic carbocycles. The zero-order valence-electron chi connectivity index (χ0n) is 14.4. The number of rotatable bonds is 4. The number of benzene rings is 1. The van der Waals surface area contributed by atoms with Crippen LogP contribution in [0.5, 0.6) is 17.2 Å². The lowest BCUT2D eigenvalue weighted by Crippen LogP contribution is -2.24. The van der Waals surface area contributed by atoms with Gasteiger partial charge in [0.1, 0.15) is 0 Å². The molecule has 0 fully saturated rings. The normalized spacial score (nSPS) is 19.9. The summed E-state index contributed by atoms with van der Waals surface area (Å²) in [5.41, 5.74) is 2.54. The summed E-state index contributed by atoms with van der Waals surface area (Å²) in [6.07, 6.45) is 0. The third kappa shape index (κ3) is 2.79. The Hall–Kier alpha value is -2.99. The van der Waals surface area contributed by atoms with Crippen molar-refractivity contribution in [3.8, 4) is 29.4 Å². The molecule has 0 saturated carbocycles. The first-order valence-corrected chi connectivity index (χ1v) is 7.37. The van der Waals surface area contributed by atoms with Gasteiger partial charge in [0.05, 0.1) is 50.7 Å². The number of ether oxygens (including phenoxy) is 3. The van der Waals surface area contributed by atoms with Crippen molar-refractivity contribution in [2.75, 3.05) is 21.3 Å². The molecule has 2 rings (SSSR count). The molecule has 0 spiro atoms. The van der Waals surface area contributed by atoms with E-state index in [0.29, 0.717) is 34.2 Å². The van der Waals surface area contributed by atoms with Gasteiger partial charge in [-0.05, 0) is 31.5 Å². The van der Waals surface area contributed by atoms with Crippen LogP contribution in [0.1, 0.15) is 25.3 Å². The van der Waals surface area contributed by atoms with Crippen molar-refractivity contribution in [3.63, 3.8) is 0 Å². The second-order valence-electron chi connectivity index (χ2n) is 5.41. The Kier molecular flexibility index (Phi) is 5.11. The monoisotopic (exact) mass is 325 g/mol. The van der Waals surface area contributed by atoms with Crippen molar-refractivity contribution in [3.05, 3.63) is 29.0 Å². The highest BCUT2D eigenvalue weighted by Crippen LogP contribution is 2.45. The number of nitrogens with zero attached hydrogens (tertiary/aromatic N) is 3. The average molecular weight is 325 g/mol. The molecule has 0 saturated heterocycles. The minimum atomic E-state index is -0.522. The largest absolute Gasteiger partial charge is 0.493 e. The predicted molar refractivity (Wildman–Crippen MR) is 89.4 cm³/mol. The molecule has 0 radical (unpaired) electrons. The summed E-state index contributed by atoms with van der Waals surface area (Å²) in [7, 11) is 4.59. The van der Waals surface area contributed by atoms with E-state index in [9.17, 15) is 10.5 Å². The summed E-state index contributed by atoms with van der Waals surface area (Å²) < 4.78 is 16.1. The van der Waals surface area contributed by atoms with Crippen LogP contribution < -0.4 is 14.2 Å². The van der Waals surface area contributed by atoms with E-state index in [1.807, 2.05) is 0 Å². The average Bonchev–Trinajstić information content (AvgIpc) is 2.59. The molecule has 0 N–H and O–H groups in total. The second-order valence-corrected chi connectivity index (χ2v) is 5.41. The fourth-order valence-electron chi connectivity index (χ4n) is 2.99. The molecule has 24 heavy (non-hydrogen) atoms. The van der Waals surface area contributed by atoms with Gasteiger partial charge in [0.2, 0.25) is 5.75 Å². The van der Waals surface area contributed by atoms with Crippen LogP contribution in [0.25, 0.3) is 0 Å². The molecule has 0 bridgehead atoms. The zero-order valence-corrected chi connectivity index (χ0v) is 14.4. The van der Waals surface area contributed by atoms with Gasteiger partial charge in [0, 0.05) is 11.6 Å². The lowest BCUT2D eigenvalue weighted by atomic mass is 9.77. The zero-order chi connectivity index (χ0) is 17.9. The van der Waals surface area contributed by atoms with Gasteiger partial charge in [-0.1, -0.05) is 0 Å². The summed E-state index contributed by atoms with van der Waals surface area (Å²) in [5.74, 6) is 0.493. The number of aliphatic imine (C=N–C) groups is 1. The number of hydrogen-bond acceptors (Lipinski definition) is 6. The molecule has 124 valence electrons. The maximum atomic E-state index is 9.60. The van der Waals surface area contributed by atoms with Crippen molar-refractivity contribution >= 4 is 5.71 Å². The van der Waals surface area contributed by atoms with E-state index in [1.54, 1.807) is 26.0 Å². The Morgan fingerprint density at radius 1 is 1.00 bits per heavy atom. The highest BCUT2D eigenvalue weighted by atomic mass is 16.5. The van der Waals surface area contributed by atoms with E-state index in [1.165, 1.54) is 21.3 Å². The third-order valence-electron chi connectivity index (χ3n) is 4.13. The van der Waals surface area contributed by atoms with E-state index < -0.39 is 11.8 Å². The van der Waals surface area contributed by atoms with Gasteiger partial charge >= 0.3 is 0 Å². The Balaban J connectivity index is 2.71. The van der Waals surface area contributed by atoms with Crippen molar-refractivity contribution in [2.45, 2.75) is 19.8 Å². The molecule has 0 amide bonds. The van der Waals surface area contributed by atoms with E-state index in [4.69, 9.17) is 14.2 Å². The Morgan fingerprint density at radius 2 is 1.58 bits per heavy atom. The molecule has 6 heteroatoms. The molecule has 2 atom stereocenters. The van der Waals surface area contributed by atoms with Crippen LogP contribution in [0.2, 0.25) is 0 Å². The Bertz CT molecular complexity index is 772. The fourth-order valence-corrected chi connectivity index (χ4v) is 2.99. The van der Waals surface area contributed by atoms with E-state index in [-0.39, 0.29) is 0 Å². The molecule has 1 heterocycles. The first kappa shape index (κ1) is 17.4. The maximum Gasteiger partial charge on any atom is 0.203 e. The highest BCUT2D eigenvalue weighted by molar-refractivity contribution is 5.90. The van der Waals surface area contributed by atoms with Crippen molar-refractivity contribution < 1.29 is 14.2 Å². The standard InChI is InChI=1S/C18H19N3O3/c1-10-13(8-19)17(14(9-20)11(2)21-10)12-6-15(22-3)18(24-5)16(7-12)23-4/h6-7,13,17H,1-5H3/t13?,17-/m0/s1. The molecule has 1 unspecified atom stereocenters. The Morgan fingerprint density at radius 3 is 2.00 bits per heavy atom. The predicted octanol–water partition coefficient (Wildman–Crippen LogP) is 3.21. The SMILES string of the molecule is COc1cc([C@@H]2C(C#N)=C(C)N=C(C)C2C#N)cc(OC)c1OC. The van der Waals surface area contributed by atoms with Crippen LogP contribution >= 0.6 is 0 Å². The lowest BCUT2D eigenvalue weighted by molar-refractivity contribution is 0.323. The van der Waals surface area contributed by atoms with Crippen LogP contribution in [0, 0.1) is 28.6 Å². The van der Waals surface area contributed by atoms with Crippen molar-refractivity contribution in [1.29, 1.82) is 10.5 Å². The topological polar surface area (TPSA) is 87.6 Å². The van der Waals surface area contributed by atoms with Gasteiger partial charge in [0.25, 0.3) is 0 Å². The minimum Gasteiger partial charge on any atom is -0.493 e. The van der Waals surface area contributed by atoms with Crippen LogP contribution in [-0.4, -0.2) is 27.0 Å². The summed E-state index contributed by atoms with van der Waals surface area (Å²) in [6, 6.07) is 8.02. The van der Waals surface area contributed by atoms with Crippen LogP contribution in [0.3, 0.4) is 0 Å². The van der Waals surface area contributed by atoms with E-state index in [0.717, 1.165) is 5.56 Å². The summed E-state index contributed by atoms with van der Waals surface area (Å²) >= 11 is 0. The smallest absolute Gasteiger partial charge is 0.203 e. The quantitative estimate of drug-likeness (QED) is 0.848. The maximum absolute atomic E-state index is 9.60. The summed E-state index contributed by atoms with van der Waals surface area (Å²) in [5, 5.41) is 19.2. The van der Waals surface area contributed by atoms with Gasteiger partial charge < -0.3 is 14.2 Å². The number of nitriles is 2.